The number of aryl methyl sites for hydroxylation is 2. The van der Waals surface area contributed by atoms with Crippen molar-refractivity contribution in [2.75, 3.05) is 31.1 Å². The highest BCUT2D eigenvalue weighted by Crippen LogP contribution is 2.23. The highest BCUT2D eigenvalue weighted by molar-refractivity contribution is 5.92. The zero-order chi connectivity index (χ0) is 14.8. The number of carbonyl (C=O) groups excluding carboxylic acids is 1. The Balaban J connectivity index is 1.67. The summed E-state index contributed by atoms with van der Waals surface area (Å²) >= 11 is 0. The molecule has 6 heteroatoms. The van der Waals surface area contributed by atoms with Crippen LogP contribution in [-0.2, 0) is 0 Å². The van der Waals surface area contributed by atoms with Gasteiger partial charge in [0.1, 0.15) is 5.69 Å². The van der Waals surface area contributed by atoms with Crippen molar-refractivity contribution < 1.29 is 4.79 Å². The van der Waals surface area contributed by atoms with Crippen LogP contribution < -0.4 is 4.90 Å². The lowest BCUT2D eigenvalue weighted by Gasteiger charge is -2.36. The molecule has 1 amide bonds. The van der Waals surface area contributed by atoms with Crippen LogP contribution in [0.1, 0.15) is 21.9 Å². The summed E-state index contributed by atoms with van der Waals surface area (Å²) in [6.45, 7) is 7.09. The van der Waals surface area contributed by atoms with Gasteiger partial charge < -0.3 is 9.80 Å². The summed E-state index contributed by atoms with van der Waals surface area (Å²) in [4.78, 5) is 20.6. The van der Waals surface area contributed by atoms with Crippen molar-refractivity contribution in [2.45, 2.75) is 13.8 Å². The van der Waals surface area contributed by atoms with Crippen molar-refractivity contribution in [3.63, 3.8) is 0 Å². The fraction of sp³-hybridized carbons (Fsp3) is 0.400. The normalized spacial score (nSPS) is 15.3. The first-order valence-electron chi connectivity index (χ1n) is 7.13. The molecule has 0 atom stereocenters. The molecule has 1 fully saturated rings. The second kappa shape index (κ2) is 5.55. The smallest absolute Gasteiger partial charge is 0.272 e. The molecule has 3 rings (SSSR count). The Morgan fingerprint density at radius 1 is 1.19 bits per heavy atom. The molecular weight excluding hydrogens is 266 g/mol. The molecule has 6 nitrogen and oxygen atoms in total. The predicted molar refractivity (Wildman–Crippen MR) is 80.4 cm³/mol. The molecule has 21 heavy (non-hydrogen) atoms. The molecule has 2 aromatic rings. The molecule has 0 radical (unpaired) electrons. The van der Waals surface area contributed by atoms with Gasteiger partial charge in [-0.05, 0) is 26.0 Å². The second-order valence-corrected chi connectivity index (χ2v) is 5.28. The number of hydrogen-bond acceptors (Lipinski definition) is 4. The molecule has 0 saturated carbocycles. The minimum Gasteiger partial charge on any atom is -0.365 e. The highest BCUT2D eigenvalue weighted by atomic mass is 16.2. The van der Waals surface area contributed by atoms with E-state index in [9.17, 15) is 4.79 Å². The van der Waals surface area contributed by atoms with E-state index in [1.807, 2.05) is 30.9 Å². The molecule has 1 N–H and O–H groups in total. The average molecular weight is 285 g/mol. The maximum absolute atomic E-state index is 12.4. The molecule has 0 spiro atoms. The van der Waals surface area contributed by atoms with Gasteiger partial charge in [-0.1, -0.05) is 6.07 Å². The Morgan fingerprint density at radius 2 is 1.95 bits per heavy atom. The number of rotatable bonds is 2. The van der Waals surface area contributed by atoms with Gasteiger partial charge in [0.2, 0.25) is 0 Å². The topological polar surface area (TPSA) is 65.1 Å². The van der Waals surface area contributed by atoms with Crippen molar-refractivity contribution in [3.05, 3.63) is 41.5 Å². The Labute approximate surface area is 123 Å². The van der Waals surface area contributed by atoms with Crippen LogP contribution in [0.2, 0.25) is 0 Å². The molecule has 1 saturated heterocycles. The number of aromatic amines is 1. The SMILES string of the molecule is Cc1n[nH]c(C)c1N1CCN(C(=O)c2ccccn2)CC1. The second-order valence-electron chi connectivity index (χ2n) is 5.28. The standard InChI is InChI=1S/C15H19N5O/c1-11-14(12(2)18-17-11)19-7-9-20(10-8-19)15(21)13-5-3-4-6-16-13/h3-6H,7-10H2,1-2H3,(H,17,18). The zero-order valence-electron chi connectivity index (χ0n) is 12.3. The van der Waals surface area contributed by atoms with E-state index in [0.29, 0.717) is 18.8 Å². The van der Waals surface area contributed by atoms with E-state index in [1.165, 1.54) is 5.69 Å². The number of aromatic nitrogens is 3. The van der Waals surface area contributed by atoms with Crippen molar-refractivity contribution in [2.24, 2.45) is 0 Å². The van der Waals surface area contributed by atoms with E-state index in [1.54, 1.807) is 12.3 Å². The van der Waals surface area contributed by atoms with Crippen molar-refractivity contribution in [3.8, 4) is 0 Å². The quantitative estimate of drug-likeness (QED) is 0.905. The van der Waals surface area contributed by atoms with Gasteiger partial charge in [-0.2, -0.15) is 5.10 Å². The third-order valence-corrected chi connectivity index (χ3v) is 3.86. The van der Waals surface area contributed by atoms with E-state index in [4.69, 9.17) is 0 Å². The molecular formula is C15H19N5O. The molecule has 0 aromatic carbocycles. The van der Waals surface area contributed by atoms with E-state index in [2.05, 4.69) is 20.1 Å². The highest BCUT2D eigenvalue weighted by Gasteiger charge is 2.25. The molecule has 2 aromatic heterocycles. The summed E-state index contributed by atoms with van der Waals surface area (Å²) in [5, 5.41) is 7.25. The minimum absolute atomic E-state index is 0.0101. The lowest BCUT2D eigenvalue weighted by molar-refractivity contribution is 0.0741. The van der Waals surface area contributed by atoms with Gasteiger partial charge in [0, 0.05) is 32.4 Å². The number of nitrogens with one attached hydrogen (secondary N) is 1. The van der Waals surface area contributed by atoms with Gasteiger partial charge in [0.25, 0.3) is 5.91 Å². The van der Waals surface area contributed by atoms with Gasteiger partial charge in [-0.3, -0.25) is 14.9 Å². The number of hydrogen-bond donors (Lipinski definition) is 1. The van der Waals surface area contributed by atoms with Crippen LogP contribution in [-0.4, -0.2) is 52.2 Å². The average Bonchev–Trinajstić information content (AvgIpc) is 2.87. The Morgan fingerprint density at radius 3 is 2.52 bits per heavy atom. The third kappa shape index (κ3) is 2.61. The largest absolute Gasteiger partial charge is 0.365 e. The first kappa shape index (κ1) is 13.6. The maximum Gasteiger partial charge on any atom is 0.272 e. The van der Waals surface area contributed by atoms with Gasteiger partial charge >= 0.3 is 0 Å². The van der Waals surface area contributed by atoms with E-state index < -0.39 is 0 Å². The number of pyridine rings is 1. The van der Waals surface area contributed by atoms with Crippen LogP contribution in [0.15, 0.2) is 24.4 Å². The van der Waals surface area contributed by atoms with Crippen LogP contribution >= 0.6 is 0 Å². The van der Waals surface area contributed by atoms with Crippen LogP contribution in [0, 0.1) is 13.8 Å². The molecule has 0 aliphatic carbocycles. The summed E-state index contributed by atoms with van der Waals surface area (Å²) in [7, 11) is 0. The Bertz CT molecular complexity index is 609. The van der Waals surface area contributed by atoms with Crippen molar-refractivity contribution in [1.82, 2.24) is 20.1 Å². The van der Waals surface area contributed by atoms with Gasteiger partial charge in [0.05, 0.1) is 17.1 Å². The lowest BCUT2D eigenvalue weighted by atomic mass is 10.2. The van der Waals surface area contributed by atoms with Crippen molar-refractivity contribution >= 4 is 11.6 Å². The monoisotopic (exact) mass is 285 g/mol. The molecule has 1 aliphatic heterocycles. The Hall–Kier alpha value is -2.37. The first-order valence-corrected chi connectivity index (χ1v) is 7.13. The van der Waals surface area contributed by atoms with Crippen LogP contribution in [0.3, 0.4) is 0 Å². The number of anilines is 1. The minimum atomic E-state index is 0.0101. The molecule has 0 bridgehead atoms. The summed E-state index contributed by atoms with van der Waals surface area (Å²) < 4.78 is 0. The summed E-state index contributed by atoms with van der Waals surface area (Å²) in [6.07, 6.45) is 1.65. The number of H-pyrrole nitrogens is 1. The van der Waals surface area contributed by atoms with Crippen LogP contribution in [0.25, 0.3) is 0 Å². The predicted octanol–water partition coefficient (Wildman–Crippen LogP) is 1.38. The maximum atomic E-state index is 12.4. The summed E-state index contributed by atoms with van der Waals surface area (Å²) in [5.74, 6) is 0.0101. The number of nitrogens with zero attached hydrogens (tertiary/aromatic N) is 4. The third-order valence-electron chi connectivity index (χ3n) is 3.86. The lowest BCUT2D eigenvalue weighted by Crippen LogP contribution is -2.49. The zero-order valence-corrected chi connectivity index (χ0v) is 12.3. The van der Waals surface area contributed by atoms with E-state index in [0.717, 1.165) is 24.5 Å². The fourth-order valence-electron chi connectivity index (χ4n) is 2.80. The first-order chi connectivity index (χ1) is 10.2. The molecule has 3 heterocycles. The molecule has 110 valence electrons. The van der Waals surface area contributed by atoms with Gasteiger partial charge in [-0.15, -0.1) is 0 Å². The Kier molecular flexibility index (Phi) is 3.60. The summed E-state index contributed by atoms with van der Waals surface area (Å²) in [6, 6.07) is 5.42. The fourth-order valence-corrected chi connectivity index (χ4v) is 2.80. The number of carbonyl (C=O) groups is 1. The number of piperazine rings is 1. The number of amides is 1. The van der Waals surface area contributed by atoms with E-state index in [-0.39, 0.29) is 5.91 Å². The molecule has 1 aliphatic rings. The molecule has 0 unspecified atom stereocenters. The van der Waals surface area contributed by atoms with E-state index >= 15 is 0 Å². The van der Waals surface area contributed by atoms with Crippen molar-refractivity contribution in [1.29, 1.82) is 0 Å². The van der Waals surface area contributed by atoms with Crippen LogP contribution in [0.5, 0.6) is 0 Å². The van der Waals surface area contributed by atoms with Gasteiger partial charge in [-0.25, -0.2) is 0 Å². The summed E-state index contributed by atoms with van der Waals surface area (Å²) in [5.41, 5.74) is 3.77. The van der Waals surface area contributed by atoms with Gasteiger partial charge in [0.15, 0.2) is 0 Å². The van der Waals surface area contributed by atoms with Crippen LogP contribution in [0.4, 0.5) is 5.69 Å².